The Morgan fingerprint density at radius 1 is 1.04 bits per heavy atom. The van der Waals surface area contributed by atoms with E-state index in [1.165, 1.54) is 8.61 Å². The molecular weight excluding hydrogens is 332 g/mol. The van der Waals surface area contributed by atoms with Gasteiger partial charge in [0.05, 0.1) is 19.8 Å². The molecule has 2 saturated heterocycles. The summed E-state index contributed by atoms with van der Waals surface area (Å²) in [5, 5.41) is 2.92. The number of carbonyl (C=O) groups excluding carboxylic acids is 1. The van der Waals surface area contributed by atoms with E-state index in [0.29, 0.717) is 71.5 Å². The summed E-state index contributed by atoms with van der Waals surface area (Å²) in [4.78, 5) is 13.9. The Labute approximate surface area is 145 Å². The molecule has 0 saturated carbocycles. The van der Waals surface area contributed by atoms with E-state index in [9.17, 15) is 13.2 Å². The third-order valence-corrected chi connectivity index (χ3v) is 6.40. The first kappa shape index (κ1) is 19.6. The van der Waals surface area contributed by atoms with Crippen molar-refractivity contribution >= 4 is 16.1 Å². The zero-order chi connectivity index (χ0) is 17.6. The van der Waals surface area contributed by atoms with Gasteiger partial charge < -0.3 is 10.1 Å². The molecule has 0 radical (unpaired) electrons. The quantitative estimate of drug-likeness (QED) is 0.650. The summed E-state index contributed by atoms with van der Waals surface area (Å²) in [6.45, 7) is 9.05. The molecular formula is C15H30N4O4S. The van der Waals surface area contributed by atoms with Gasteiger partial charge in [0.15, 0.2) is 0 Å². The fraction of sp³-hybridized carbons (Fsp3) is 0.933. The first-order chi connectivity index (χ1) is 11.4. The summed E-state index contributed by atoms with van der Waals surface area (Å²) >= 11 is 0. The van der Waals surface area contributed by atoms with Crippen LogP contribution < -0.4 is 5.32 Å². The van der Waals surface area contributed by atoms with Gasteiger partial charge in [0, 0.05) is 45.8 Å². The number of rotatable bonds is 7. The molecule has 0 aromatic heterocycles. The summed E-state index contributed by atoms with van der Waals surface area (Å²) in [6, 6.07) is 0. The van der Waals surface area contributed by atoms with E-state index >= 15 is 0 Å². The predicted octanol–water partition coefficient (Wildman–Crippen LogP) is -0.657. The van der Waals surface area contributed by atoms with Crippen LogP contribution in [0.3, 0.4) is 0 Å². The van der Waals surface area contributed by atoms with Crippen LogP contribution in [0.15, 0.2) is 0 Å². The number of morpholine rings is 1. The summed E-state index contributed by atoms with van der Waals surface area (Å²) in [6.07, 6.45) is 0.970. The van der Waals surface area contributed by atoms with E-state index < -0.39 is 10.2 Å². The zero-order valence-corrected chi connectivity index (χ0v) is 15.6. The second-order valence-corrected chi connectivity index (χ2v) is 8.66. The van der Waals surface area contributed by atoms with Crippen LogP contribution in [0.2, 0.25) is 0 Å². The summed E-state index contributed by atoms with van der Waals surface area (Å²) < 4.78 is 33.4. The minimum absolute atomic E-state index is 0.0140. The SMILES string of the molecule is CC(C)CCNC(=O)CN1CCN(S(=O)(=O)N2CCOCC2)CC1. The second kappa shape index (κ2) is 9.10. The number of carbonyl (C=O) groups is 1. The van der Waals surface area contributed by atoms with Crippen molar-refractivity contribution in [3.63, 3.8) is 0 Å². The molecule has 1 amide bonds. The minimum atomic E-state index is -3.40. The molecule has 140 valence electrons. The number of amides is 1. The maximum atomic E-state index is 12.6. The molecule has 1 N–H and O–H groups in total. The molecule has 0 aromatic rings. The van der Waals surface area contributed by atoms with Crippen molar-refractivity contribution in [2.75, 3.05) is 65.6 Å². The van der Waals surface area contributed by atoms with Gasteiger partial charge in [-0.25, -0.2) is 0 Å². The molecule has 0 atom stereocenters. The third kappa shape index (κ3) is 5.66. The highest BCUT2D eigenvalue weighted by atomic mass is 32.2. The van der Waals surface area contributed by atoms with E-state index in [-0.39, 0.29) is 5.91 Å². The lowest BCUT2D eigenvalue weighted by molar-refractivity contribution is -0.122. The van der Waals surface area contributed by atoms with Crippen LogP contribution in [-0.2, 0) is 19.7 Å². The highest BCUT2D eigenvalue weighted by Gasteiger charge is 2.33. The van der Waals surface area contributed by atoms with Crippen molar-refractivity contribution in [3.05, 3.63) is 0 Å². The lowest BCUT2D eigenvalue weighted by atomic mass is 10.1. The predicted molar refractivity (Wildman–Crippen MR) is 91.8 cm³/mol. The second-order valence-electron chi connectivity index (χ2n) is 6.73. The lowest BCUT2D eigenvalue weighted by Crippen LogP contribution is -2.55. The molecule has 9 heteroatoms. The van der Waals surface area contributed by atoms with Crippen molar-refractivity contribution in [3.8, 4) is 0 Å². The lowest BCUT2D eigenvalue weighted by Gasteiger charge is -2.37. The number of ether oxygens (including phenoxy) is 1. The maximum Gasteiger partial charge on any atom is 0.282 e. The van der Waals surface area contributed by atoms with Gasteiger partial charge in [-0.05, 0) is 12.3 Å². The van der Waals surface area contributed by atoms with Gasteiger partial charge in [-0.2, -0.15) is 17.0 Å². The van der Waals surface area contributed by atoms with E-state index in [2.05, 4.69) is 19.2 Å². The van der Waals surface area contributed by atoms with E-state index in [1.807, 2.05) is 4.90 Å². The first-order valence-electron chi connectivity index (χ1n) is 8.71. The molecule has 2 rings (SSSR count). The third-order valence-electron chi connectivity index (χ3n) is 4.36. The average molecular weight is 362 g/mol. The first-order valence-corrected chi connectivity index (χ1v) is 10.1. The summed E-state index contributed by atoms with van der Waals surface area (Å²) in [7, 11) is -3.40. The molecule has 24 heavy (non-hydrogen) atoms. The van der Waals surface area contributed by atoms with Crippen molar-refractivity contribution < 1.29 is 17.9 Å². The van der Waals surface area contributed by atoms with Gasteiger partial charge in [0.1, 0.15) is 0 Å². The van der Waals surface area contributed by atoms with Gasteiger partial charge in [-0.1, -0.05) is 13.8 Å². The van der Waals surface area contributed by atoms with Crippen molar-refractivity contribution in [1.82, 2.24) is 18.8 Å². The van der Waals surface area contributed by atoms with Crippen molar-refractivity contribution in [2.45, 2.75) is 20.3 Å². The van der Waals surface area contributed by atoms with Gasteiger partial charge in [-0.3, -0.25) is 9.69 Å². The summed E-state index contributed by atoms with van der Waals surface area (Å²) in [5.74, 6) is 0.583. The summed E-state index contributed by atoms with van der Waals surface area (Å²) in [5.41, 5.74) is 0. The number of nitrogens with one attached hydrogen (secondary N) is 1. The Hall–Kier alpha value is -0.740. The van der Waals surface area contributed by atoms with Crippen LogP contribution in [0.5, 0.6) is 0 Å². The van der Waals surface area contributed by atoms with Gasteiger partial charge in [-0.15, -0.1) is 0 Å². The minimum Gasteiger partial charge on any atom is -0.379 e. The Kier molecular flexibility index (Phi) is 7.42. The van der Waals surface area contributed by atoms with E-state index in [0.717, 1.165) is 6.42 Å². The van der Waals surface area contributed by atoms with Crippen LogP contribution in [0.1, 0.15) is 20.3 Å². The molecule has 8 nitrogen and oxygen atoms in total. The molecule has 0 spiro atoms. The molecule has 0 bridgehead atoms. The normalized spacial score (nSPS) is 22.0. The largest absolute Gasteiger partial charge is 0.379 e. The molecule has 0 aromatic carbocycles. The zero-order valence-electron chi connectivity index (χ0n) is 14.7. The fourth-order valence-corrected chi connectivity index (χ4v) is 4.38. The molecule has 2 fully saturated rings. The Bertz CT molecular complexity index is 498. The Balaban J connectivity index is 1.73. The van der Waals surface area contributed by atoms with Gasteiger partial charge >= 0.3 is 0 Å². The number of piperazine rings is 1. The van der Waals surface area contributed by atoms with Crippen LogP contribution in [0.4, 0.5) is 0 Å². The van der Waals surface area contributed by atoms with Crippen LogP contribution in [0, 0.1) is 5.92 Å². The topological polar surface area (TPSA) is 82.2 Å². The Morgan fingerprint density at radius 2 is 1.62 bits per heavy atom. The smallest absolute Gasteiger partial charge is 0.282 e. The average Bonchev–Trinajstić information content (AvgIpc) is 2.56. The van der Waals surface area contributed by atoms with Crippen LogP contribution in [-0.4, -0.2) is 93.4 Å². The van der Waals surface area contributed by atoms with Crippen molar-refractivity contribution in [2.24, 2.45) is 5.92 Å². The standard InChI is InChI=1S/C15H30N4O4S/c1-14(2)3-4-16-15(20)13-17-5-7-18(8-6-17)24(21,22)19-9-11-23-12-10-19/h14H,3-13H2,1-2H3,(H,16,20). The molecule has 0 aliphatic carbocycles. The monoisotopic (exact) mass is 362 g/mol. The number of nitrogens with zero attached hydrogens (tertiary/aromatic N) is 3. The number of hydrogen-bond donors (Lipinski definition) is 1. The maximum absolute atomic E-state index is 12.6. The molecule has 2 aliphatic rings. The van der Waals surface area contributed by atoms with E-state index in [4.69, 9.17) is 4.74 Å². The molecule has 0 unspecified atom stereocenters. The van der Waals surface area contributed by atoms with Gasteiger partial charge in [0.2, 0.25) is 5.91 Å². The highest BCUT2D eigenvalue weighted by Crippen LogP contribution is 2.13. The molecule has 2 heterocycles. The van der Waals surface area contributed by atoms with E-state index in [1.54, 1.807) is 0 Å². The van der Waals surface area contributed by atoms with Crippen molar-refractivity contribution in [1.29, 1.82) is 0 Å². The Morgan fingerprint density at radius 3 is 2.21 bits per heavy atom. The fourth-order valence-electron chi connectivity index (χ4n) is 2.82. The number of hydrogen-bond acceptors (Lipinski definition) is 5. The van der Waals surface area contributed by atoms with Crippen LogP contribution >= 0.6 is 0 Å². The molecule has 2 aliphatic heterocycles. The van der Waals surface area contributed by atoms with Gasteiger partial charge in [0.25, 0.3) is 10.2 Å². The van der Waals surface area contributed by atoms with Crippen LogP contribution in [0.25, 0.3) is 0 Å². The highest BCUT2D eigenvalue weighted by molar-refractivity contribution is 7.86.